The summed E-state index contributed by atoms with van der Waals surface area (Å²) < 4.78 is 40.0. The van der Waals surface area contributed by atoms with Gasteiger partial charge in [-0.3, -0.25) is 4.79 Å². The smallest absolute Gasteiger partial charge is 0.277 e. The molecule has 0 spiro atoms. The van der Waals surface area contributed by atoms with Gasteiger partial charge < -0.3 is 19.2 Å². The molecule has 28 heavy (non-hydrogen) atoms. The van der Waals surface area contributed by atoms with Crippen LogP contribution in [0.3, 0.4) is 0 Å². The van der Waals surface area contributed by atoms with E-state index in [-0.39, 0.29) is 40.4 Å². The van der Waals surface area contributed by atoms with Crippen LogP contribution in [0.5, 0.6) is 11.5 Å². The largest absolute Gasteiger partial charge is 0.486 e. The number of hydrogen-bond donors (Lipinski definition) is 1. The maximum absolute atomic E-state index is 12.1. The molecule has 2 aliphatic rings. The maximum atomic E-state index is 12.1. The quantitative estimate of drug-likeness (QED) is 0.676. The number of benzene rings is 1. The molecule has 0 radical (unpaired) electrons. The zero-order valence-electron chi connectivity index (χ0n) is 14.9. The van der Waals surface area contributed by atoms with Gasteiger partial charge in [0.05, 0.1) is 29.7 Å². The van der Waals surface area contributed by atoms with Crippen molar-refractivity contribution in [2.75, 3.05) is 30.4 Å². The summed E-state index contributed by atoms with van der Waals surface area (Å²) in [6, 6.07) is 7.39. The predicted molar refractivity (Wildman–Crippen MR) is 100 cm³/mol. The molecule has 2 aromatic rings. The van der Waals surface area contributed by atoms with Crippen molar-refractivity contribution < 1.29 is 27.1 Å². The lowest BCUT2D eigenvalue weighted by molar-refractivity contribution is -0.119. The fourth-order valence-electron chi connectivity index (χ4n) is 3.00. The van der Waals surface area contributed by atoms with Gasteiger partial charge >= 0.3 is 0 Å². The molecule has 2 aliphatic heterocycles. The van der Waals surface area contributed by atoms with E-state index in [2.05, 4.69) is 15.5 Å². The van der Waals surface area contributed by atoms with E-state index in [1.807, 2.05) is 24.3 Å². The molecule has 1 saturated heterocycles. The topological polar surface area (TPSA) is 121 Å². The molecule has 3 heterocycles. The third kappa shape index (κ3) is 4.58. The Kier molecular flexibility index (Phi) is 5.44. The van der Waals surface area contributed by atoms with Crippen LogP contribution >= 0.6 is 11.8 Å². The molecule has 1 fully saturated rings. The Morgan fingerprint density at radius 2 is 2.07 bits per heavy atom. The minimum atomic E-state index is -3.02. The number of carbonyl (C=O) groups is 1. The van der Waals surface area contributed by atoms with Crippen LogP contribution in [-0.2, 0) is 14.6 Å². The van der Waals surface area contributed by atoms with E-state index < -0.39 is 9.84 Å². The van der Waals surface area contributed by atoms with Gasteiger partial charge in [-0.2, -0.15) is 0 Å². The summed E-state index contributed by atoms with van der Waals surface area (Å²) in [6.45, 7) is 0.685. The lowest BCUT2D eigenvalue weighted by Gasteiger charge is -2.26. The van der Waals surface area contributed by atoms with Crippen LogP contribution in [0.4, 0.5) is 0 Å². The van der Waals surface area contributed by atoms with Crippen molar-refractivity contribution in [2.24, 2.45) is 0 Å². The van der Waals surface area contributed by atoms with Crippen molar-refractivity contribution in [2.45, 2.75) is 23.7 Å². The maximum Gasteiger partial charge on any atom is 0.277 e. The molecule has 11 heteroatoms. The Bertz CT molecular complexity index is 961. The number of amides is 1. The molecule has 1 aromatic carbocycles. The van der Waals surface area contributed by atoms with Crippen LogP contribution in [0, 0.1) is 0 Å². The molecule has 1 amide bonds. The molecule has 9 nitrogen and oxygen atoms in total. The number of hydrogen-bond acceptors (Lipinski definition) is 9. The molecular weight excluding hydrogens is 406 g/mol. The van der Waals surface area contributed by atoms with E-state index in [4.69, 9.17) is 13.9 Å². The second-order valence-corrected chi connectivity index (χ2v) is 9.75. The van der Waals surface area contributed by atoms with Crippen LogP contribution in [-0.4, -0.2) is 61.0 Å². The highest BCUT2D eigenvalue weighted by molar-refractivity contribution is 7.99. The fraction of sp³-hybridized carbons (Fsp3) is 0.471. The van der Waals surface area contributed by atoms with Gasteiger partial charge in [-0.25, -0.2) is 8.42 Å². The molecule has 1 aromatic heterocycles. The number of sulfone groups is 1. The predicted octanol–water partition coefficient (Wildman–Crippen LogP) is 1.02. The van der Waals surface area contributed by atoms with Crippen LogP contribution in [0.1, 0.15) is 18.2 Å². The van der Waals surface area contributed by atoms with E-state index in [0.29, 0.717) is 37.0 Å². The molecule has 0 bridgehead atoms. The summed E-state index contributed by atoms with van der Waals surface area (Å²) in [5.74, 6) is 1.50. The lowest BCUT2D eigenvalue weighted by atomic mass is 10.1. The number of carbonyl (C=O) groups excluding carboxylic acids is 1. The first kappa shape index (κ1) is 19.1. The minimum absolute atomic E-state index is 0.0341. The number of nitrogens with zero attached hydrogens (tertiary/aromatic N) is 2. The summed E-state index contributed by atoms with van der Waals surface area (Å²) in [7, 11) is -3.02. The highest BCUT2D eigenvalue weighted by Gasteiger charge is 2.32. The van der Waals surface area contributed by atoms with Gasteiger partial charge in [-0.05, 0) is 18.6 Å². The van der Waals surface area contributed by atoms with Gasteiger partial charge in [-0.15, -0.1) is 10.2 Å². The zero-order chi connectivity index (χ0) is 19.6. The average Bonchev–Trinajstić information content (AvgIpc) is 3.30. The van der Waals surface area contributed by atoms with Crippen molar-refractivity contribution in [3.8, 4) is 11.5 Å². The first-order chi connectivity index (χ1) is 13.5. The number of rotatable bonds is 6. The van der Waals surface area contributed by atoms with Crippen molar-refractivity contribution in [3.05, 3.63) is 30.2 Å². The van der Waals surface area contributed by atoms with Gasteiger partial charge in [0.15, 0.2) is 21.3 Å². The third-order valence-corrected chi connectivity index (χ3v) is 7.01. The lowest BCUT2D eigenvalue weighted by Crippen LogP contribution is -2.41. The van der Waals surface area contributed by atoms with Crippen molar-refractivity contribution in [1.29, 1.82) is 0 Å². The summed E-state index contributed by atoms with van der Waals surface area (Å²) in [5, 5.41) is 10.8. The Hall–Kier alpha value is -2.27. The molecular formula is C17H19N3O6S2. The van der Waals surface area contributed by atoms with Gasteiger partial charge in [0, 0.05) is 0 Å². The number of para-hydroxylation sites is 2. The minimum Gasteiger partial charge on any atom is -0.486 e. The zero-order valence-corrected chi connectivity index (χ0v) is 16.5. The van der Waals surface area contributed by atoms with E-state index in [1.54, 1.807) is 0 Å². The Morgan fingerprint density at radius 3 is 2.86 bits per heavy atom. The molecule has 1 N–H and O–H groups in total. The Labute approximate surface area is 166 Å². The standard InChI is InChI=1S/C17H19N3O6S2/c21-15(18-7-12-8-24-13-3-1-2-4-14(13)25-12)9-27-17-20-19-16(26-17)11-5-6-28(22,23)10-11/h1-4,11-12H,5-10H2,(H,18,21)/t11-,12+/m0/s1. The highest BCUT2D eigenvalue weighted by atomic mass is 32.2. The molecule has 2 atom stereocenters. The third-order valence-electron chi connectivity index (χ3n) is 4.42. The van der Waals surface area contributed by atoms with Gasteiger partial charge in [0.2, 0.25) is 11.8 Å². The SMILES string of the molecule is O=C(CSc1nnc([C@H]2CCS(=O)(=O)C2)o1)NC[C@@H]1COc2ccccc2O1. The number of nitrogens with one attached hydrogen (secondary N) is 1. The Balaban J connectivity index is 1.21. The molecule has 0 aliphatic carbocycles. The Morgan fingerprint density at radius 1 is 1.25 bits per heavy atom. The van der Waals surface area contributed by atoms with Gasteiger partial charge in [0.25, 0.3) is 5.22 Å². The van der Waals surface area contributed by atoms with Gasteiger partial charge in [0.1, 0.15) is 12.7 Å². The molecule has 0 saturated carbocycles. The summed E-state index contributed by atoms with van der Waals surface area (Å²) >= 11 is 1.11. The summed E-state index contributed by atoms with van der Waals surface area (Å²) in [4.78, 5) is 12.1. The number of thioether (sulfide) groups is 1. The van der Waals surface area contributed by atoms with E-state index >= 15 is 0 Å². The molecule has 150 valence electrons. The van der Waals surface area contributed by atoms with E-state index in [9.17, 15) is 13.2 Å². The number of fused-ring (bicyclic) bond motifs is 1. The average molecular weight is 425 g/mol. The first-order valence-electron chi connectivity index (χ1n) is 8.80. The monoisotopic (exact) mass is 425 g/mol. The second kappa shape index (κ2) is 8.00. The fourth-order valence-corrected chi connectivity index (χ4v) is 5.34. The van der Waals surface area contributed by atoms with E-state index in [1.165, 1.54) is 0 Å². The van der Waals surface area contributed by atoms with Crippen LogP contribution in [0.2, 0.25) is 0 Å². The summed E-state index contributed by atoms with van der Waals surface area (Å²) in [5.41, 5.74) is 0. The highest BCUT2D eigenvalue weighted by Crippen LogP contribution is 2.31. The second-order valence-electron chi connectivity index (χ2n) is 6.60. The number of ether oxygens (including phenoxy) is 2. The molecule has 0 unspecified atom stereocenters. The van der Waals surface area contributed by atoms with Crippen LogP contribution < -0.4 is 14.8 Å². The van der Waals surface area contributed by atoms with Crippen LogP contribution in [0.25, 0.3) is 0 Å². The van der Waals surface area contributed by atoms with Crippen LogP contribution in [0.15, 0.2) is 33.9 Å². The summed E-state index contributed by atoms with van der Waals surface area (Å²) in [6.07, 6.45) is 0.227. The normalized spacial score (nSPS) is 22.7. The van der Waals surface area contributed by atoms with Crippen molar-refractivity contribution in [3.63, 3.8) is 0 Å². The first-order valence-corrected chi connectivity index (χ1v) is 11.6. The van der Waals surface area contributed by atoms with Crippen molar-refractivity contribution >= 4 is 27.5 Å². The van der Waals surface area contributed by atoms with Crippen molar-refractivity contribution in [1.82, 2.24) is 15.5 Å². The van der Waals surface area contributed by atoms with E-state index in [0.717, 1.165) is 11.8 Å². The molecule has 4 rings (SSSR count). The number of aromatic nitrogens is 2. The van der Waals surface area contributed by atoms with Gasteiger partial charge in [-0.1, -0.05) is 23.9 Å².